The molecule has 3 aromatic carbocycles. The largest absolute Gasteiger partial charge is 0.462 e. The van der Waals surface area contributed by atoms with Gasteiger partial charge in [0.2, 0.25) is 5.91 Å². The minimum absolute atomic E-state index is 0.0442. The second-order valence-electron chi connectivity index (χ2n) is 11.3. The molecule has 0 aliphatic carbocycles. The molecule has 3 aliphatic heterocycles. The lowest BCUT2D eigenvalue weighted by Gasteiger charge is -2.47. The topological polar surface area (TPSA) is 61.8 Å². The van der Waals surface area contributed by atoms with Crippen LogP contribution in [0.5, 0.6) is 6.01 Å². The summed E-state index contributed by atoms with van der Waals surface area (Å²) in [6, 6.07) is 13.4. The van der Waals surface area contributed by atoms with Crippen molar-refractivity contribution in [2.75, 3.05) is 38.2 Å². The lowest BCUT2D eigenvalue weighted by molar-refractivity contribution is -0.127. The van der Waals surface area contributed by atoms with Gasteiger partial charge in [-0.15, -0.1) is 0 Å². The molecule has 0 N–H and O–H groups in total. The molecule has 0 spiro atoms. The van der Waals surface area contributed by atoms with Gasteiger partial charge in [0.15, 0.2) is 0 Å². The number of anilines is 1. The number of fused-ring (bicyclic) bond motifs is 3. The Kier molecular flexibility index (Phi) is 6.95. The highest BCUT2D eigenvalue weighted by molar-refractivity contribution is 6.38. The first kappa shape index (κ1) is 27.4. The van der Waals surface area contributed by atoms with E-state index in [1.54, 1.807) is 6.07 Å². The van der Waals surface area contributed by atoms with Crippen LogP contribution < -0.4 is 9.64 Å². The summed E-state index contributed by atoms with van der Waals surface area (Å²) >= 11 is 13.4. The predicted octanol–water partition coefficient (Wildman–Crippen LogP) is 6.34. The first-order valence-corrected chi connectivity index (χ1v) is 15.0. The van der Waals surface area contributed by atoms with Crippen LogP contribution in [0, 0.1) is 5.82 Å². The van der Waals surface area contributed by atoms with E-state index in [0.717, 1.165) is 48.0 Å². The molecule has 3 fully saturated rings. The summed E-state index contributed by atoms with van der Waals surface area (Å²) in [6.07, 6.45) is 4.42. The van der Waals surface area contributed by atoms with E-state index in [1.807, 2.05) is 35.2 Å². The Morgan fingerprint density at radius 3 is 2.76 bits per heavy atom. The number of aromatic nitrogens is 2. The van der Waals surface area contributed by atoms with E-state index in [2.05, 4.69) is 23.4 Å². The second-order valence-corrected chi connectivity index (χ2v) is 12.1. The van der Waals surface area contributed by atoms with Crippen LogP contribution in [0.25, 0.3) is 32.8 Å². The molecule has 3 saturated heterocycles. The summed E-state index contributed by atoms with van der Waals surface area (Å²) in [5.41, 5.74) is 2.08. The van der Waals surface area contributed by atoms with Gasteiger partial charge in [-0.25, -0.2) is 4.39 Å². The Labute approximate surface area is 253 Å². The average Bonchev–Trinajstić information content (AvgIpc) is 3.54. The summed E-state index contributed by atoms with van der Waals surface area (Å²) in [7, 11) is 2.11. The highest BCUT2D eigenvalue weighted by Gasteiger charge is 2.49. The first-order chi connectivity index (χ1) is 20.3. The Balaban J connectivity index is 1.33. The Morgan fingerprint density at radius 2 is 1.98 bits per heavy atom. The molecule has 0 radical (unpaired) electrons. The number of rotatable bonds is 6. The highest BCUT2D eigenvalue weighted by atomic mass is 35.5. The molecule has 1 unspecified atom stereocenters. The maximum absolute atomic E-state index is 14.5. The van der Waals surface area contributed by atoms with Gasteiger partial charge in [-0.1, -0.05) is 54.0 Å². The van der Waals surface area contributed by atoms with E-state index in [0.29, 0.717) is 53.2 Å². The monoisotopic (exact) mass is 605 g/mol. The van der Waals surface area contributed by atoms with Gasteiger partial charge < -0.3 is 19.4 Å². The molecular formula is C32H30Cl2FN5O2. The molecule has 0 bridgehead atoms. The van der Waals surface area contributed by atoms with E-state index >= 15 is 0 Å². The van der Waals surface area contributed by atoms with Gasteiger partial charge in [-0.2, -0.15) is 9.97 Å². The van der Waals surface area contributed by atoms with Crippen LogP contribution in [0.1, 0.15) is 19.3 Å². The van der Waals surface area contributed by atoms with Crippen molar-refractivity contribution >= 4 is 56.6 Å². The van der Waals surface area contributed by atoms with Gasteiger partial charge in [0, 0.05) is 40.5 Å². The van der Waals surface area contributed by atoms with Gasteiger partial charge in [0.05, 0.1) is 22.6 Å². The van der Waals surface area contributed by atoms with Crippen molar-refractivity contribution in [2.24, 2.45) is 0 Å². The number of hydrogen-bond donors (Lipinski definition) is 0. The number of halogens is 3. The SMILES string of the molecule is C=CC(=O)N1CCC2[C@H]1CN2c1nc(OC[C@@H]2CCCN2C)nc2cc(-c3cccc4ccc(F)c(Cl)c34)c(Cl)cc12. The van der Waals surface area contributed by atoms with Crippen molar-refractivity contribution in [2.45, 2.75) is 37.4 Å². The van der Waals surface area contributed by atoms with Crippen molar-refractivity contribution in [3.63, 3.8) is 0 Å². The van der Waals surface area contributed by atoms with E-state index in [1.165, 1.54) is 12.1 Å². The number of amides is 1. The van der Waals surface area contributed by atoms with Crippen molar-refractivity contribution in [1.82, 2.24) is 19.8 Å². The fraction of sp³-hybridized carbons (Fsp3) is 0.344. The summed E-state index contributed by atoms with van der Waals surface area (Å²) in [4.78, 5) is 28.5. The van der Waals surface area contributed by atoms with E-state index in [-0.39, 0.29) is 23.0 Å². The molecule has 4 heterocycles. The number of carbonyl (C=O) groups is 1. The minimum atomic E-state index is -0.487. The molecule has 42 heavy (non-hydrogen) atoms. The van der Waals surface area contributed by atoms with Gasteiger partial charge in [0.25, 0.3) is 0 Å². The minimum Gasteiger partial charge on any atom is -0.462 e. The predicted molar refractivity (Wildman–Crippen MR) is 165 cm³/mol. The van der Waals surface area contributed by atoms with Crippen molar-refractivity contribution in [3.8, 4) is 17.1 Å². The standard InChI is InChI=1S/C32H30Cl2FN5O2/c1-3-28(41)39-13-11-26-27(39)16-40(26)31-22-14-23(33)21(20-8-4-6-18-9-10-24(35)30(34)29(18)20)15-25(22)36-32(37-31)42-17-19-7-5-12-38(19)2/h3-4,6,8-10,14-15,19,26-27H,1,5,7,11-13,16-17H2,2H3/t19-,26?,27+/m0/s1. The number of benzene rings is 3. The normalized spacial score (nSPS) is 22.0. The lowest BCUT2D eigenvalue weighted by Crippen LogP contribution is -2.63. The van der Waals surface area contributed by atoms with E-state index in [9.17, 15) is 9.18 Å². The summed E-state index contributed by atoms with van der Waals surface area (Å²) in [5.74, 6) is 0.204. The molecule has 1 amide bonds. The Hall–Kier alpha value is -3.46. The second kappa shape index (κ2) is 10.7. The van der Waals surface area contributed by atoms with E-state index in [4.69, 9.17) is 37.9 Å². The molecule has 7 rings (SSSR count). The zero-order valence-electron chi connectivity index (χ0n) is 23.2. The summed E-state index contributed by atoms with van der Waals surface area (Å²) < 4.78 is 20.8. The molecule has 10 heteroatoms. The van der Waals surface area contributed by atoms with Gasteiger partial charge >= 0.3 is 6.01 Å². The average molecular weight is 607 g/mol. The number of carbonyl (C=O) groups excluding carboxylic acids is 1. The summed E-state index contributed by atoms with van der Waals surface area (Å²) in [5, 5.41) is 2.74. The lowest BCUT2D eigenvalue weighted by atomic mass is 9.95. The van der Waals surface area contributed by atoms with Crippen LogP contribution in [-0.2, 0) is 4.79 Å². The van der Waals surface area contributed by atoms with E-state index < -0.39 is 5.82 Å². The maximum Gasteiger partial charge on any atom is 0.319 e. The molecule has 3 atom stereocenters. The number of nitrogens with zero attached hydrogens (tertiary/aromatic N) is 5. The molecule has 3 aliphatic rings. The smallest absolute Gasteiger partial charge is 0.319 e. The third-order valence-electron chi connectivity index (χ3n) is 9.07. The quantitative estimate of drug-likeness (QED) is 0.239. The van der Waals surface area contributed by atoms with Crippen LogP contribution >= 0.6 is 23.2 Å². The third-order valence-corrected chi connectivity index (χ3v) is 9.75. The molecule has 216 valence electrons. The Morgan fingerprint density at radius 1 is 1.12 bits per heavy atom. The van der Waals surface area contributed by atoms with Crippen LogP contribution in [0.4, 0.5) is 10.2 Å². The van der Waals surface area contributed by atoms with Crippen LogP contribution in [0.3, 0.4) is 0 Å². The third kappa shape index (κ3) is 4.48. The van der Waals surface area contributed by atoms with Crippen molar-refractivity contribution in [1.29, 1.82) is 0 Å². The van der Waals surface area contributed by atoms with Gasteiger partial charge in [-0.05, 0) is 68.1 Å². The van der Waals surface area contributed by atoms with Crippen molar-refractivity contribution in [3.05, 3.63) is 71.0 Å². The molecule has 0 saturated carbocycles. The molecule has 4 aromatic rings. The van der Waals surface area contributed by atoms with Crippen LogP contribution in [0.2, 0.25) is 10.0 Å². The molecular weight excluding hydrogens is 576 g/mol. The molecule has 7 nitrogen and oxygen atoms in total. The maximum atomic E-state index is 14.5. The number of hydrogen-bond acceptors (Lipinski definition) is 6. The number of ether oxygens (including phenoxy) is 1. The first-order valence-electron chi connectivity index (χ1n) is 14.2. The fourth-order valence-corrected chi connectivity index (χ4v) is 7.29. The highest BCUT2D eigenvalue weighted by Crippen LogP contribution is 2.43. The zero-order valence-corrected chi connectivity index (χ0v) is 24.7. The number of likely N-dealkylation sites (N-methyl/N-ethyl adjacent to an activating group) is 1. The zero-order chi connectivity index (χ0) is 29.1. The van der Waals surface area contributed by atoms with Crippen LogP contribution in [-0.4, -0.2) is 77.1 Å². The fourth-order valence-electron chi connectivity index (χ4n) is 6.75. The summed E-state index contributed by atoms with van der Waals surface area (Å²) in [6.45, 7) is 6.53. The number of likely N-dealkylation sites (tertiary alicyclic amines) is 2. The molecule has 1 aromatic heterocycles. The van der Waals surface area contributed by atoms with Crippen molar-refractivity contribution < 1.29 is 13.9 Å². The Bertz CT molecular complexity index is 1750. The van der Waals surface area contributed by atoms with Gasteiger partial charge in [0.1, 0.15) is 18.2 Å². The van der Waals surface area contributed by atoms with Gasteiger partial charge in [-0.3, -0.25) is 4.79 Å². The van der Waals surface area contributed by atoms with Crippen LogP contribution in [0.15, 0.2) is 55.1 Å².